The molecule has 2 aliphatic rings. The van der Waals surface area contributed by atoms with Crippen LogP contribution in [0, 0.1) is 17.6 Å². The van der Waals surface area contributed by atoms with Gasteiger partial charge in [-0.15, -0.1) is 0 Å². The van der Waals surface area contributed by atoms with E-state index in [0.29, 0.717) is 37.6 Å². The lowest BCUT2D eigenvalue weighted by atomic mass is 9.96. The molecule has 0 unspecified atom stereocenters. The van der Waals surface area contributed by atoms with Gasteiger partial charge in [0.15, 0.2) is 11.5 Å². The number of fused-ring (bicyclic) bond motifs is 1. The molecule has 2 aliphatic heterocycles. The molecule has 1 saturated heterocycles. The van der Waals surface area contributed by atoms with Crippen LogP contribution in [0.25, 0.3) is 0 Å². The van der Waals surface area contributed by atoms with Crippen LogP contribution in [0.3, 0.4) is 0 Å². The van der Waals surface area contributed by atoms with Gasteiger partial charge in [-0.2, -0.15) is 4.31 Å². The Bertz CT molecular complexity index is 1120. The first kappa shape index (κ1) is 22.5. The highest BCUT2D eigenvalue weighted by Crippen LogP contribution is 2.34. The molecular weight excluding hydrogens is 442 g/mol. The number of rotatable bonds is 5. The first-order chi connectivity index (χ1) is 15.3. The second-order valence-electron chi connectivity index (χ2n) is 7.88. The highest BCUT2D eigenvalue weighted by molar-refractivity contribution is 7.89. The van der Waals surface area contributed by atoms with Crippen molar-refractivity contribution in [3.63, 3.8) is 0 Å². The Kier molecular flexibility index (Phi) is 6.34. The Balaban J connectivity index is 1.37. The van der Waals surface area contributed by atoms with Crippen LogP contribution in [0.2, 0.25) is 0 Å². The number of benzene rings is 2. The average Bonchev–Trinajstić information content (AvgIpc) is 2.78. The molecule has 0 saturated carbocycles. The molecule has 0 aliphatic carbocycles. The number of ether oxygens (including phenoxy) is 2. The van der Waals surface area contributed by atoms with Crippen molar-refractivity contribution in [2.24, 2.45) is 5.92 Å². The number of hydrogen-bond donors (Lipinski definition) is 1. The van der Waals surface area contributed by atoms with E-state index in [-0.39, 0.29) is 29.5 Å². The molecule has 172 valence electrons. The van der Waals surface area contributed by atoms with Crippen molar-refractivity contribution >= 4 is 15.9 Å². The second-order valence-corrected chi connectivity index (χ2v) is 9.82. The normalized spacial score (nSPS) is 18.2. The number of carbonyl (C=O) groups excluding carboxylic acids is 1. The van der Waals surface area contributed by atoms with Gasteiger partial charge in [-0.25, -0.2) is 17.2 Å². The number of sulfonamides is 1. The second kappa shape index (κ2) is 9.03. The van der Waals surface area contributed by atoms with Crippen LogP contribution in [-0.4, -0.2) is 44.9 Å². The first-order valence-corrected chi connectivity index (χ1v) is 11.8. The van der Waals surface area contributed by atoms with Crippen molar-refractivity contribution in [3.05, 3.63) is 53.6 Å². The minimum absolute atomic E-state index is 0.116. The van der Waals surface area contributed by atoms with Crippen LogP contribution in [0.15, 0.2) is 41.3 Å². The van der Waals surface area contributed by atoms with Gasteiger partial charge in [-0.1, -0.05) is 6.07 Å². The van der Waals surface area contributed by atoms with Crippen LogP contribution < -0.4 is 14.8 Å². The molecule has 2 aromatic carbocycles. The molecule has 1 N–H and O–H groups in total. The van der Waals surface area contributed by atoms with Gasteiger partial charge in [0, 0.05) is 36.7 Å². The van der Waals surface area contributed by atoms with E-state index in [2.05, 4.69) is 5.32 Å². The summed E-state index contributed by atoms with van der Waals surface area (Å²) >= 11 is 0. The third-order valence-electron chi connectivity index (χ3n) is 5.76. The standard InChI is InChI=1S/C22H24F2N2O5S/c1-14(18-4-2-16(23)12-19(18)24)25-22(27)15-6-8-26(9-7-15)32(28,29)17-3-5-20-21(13-17)31-11-10-30-20/h2-5,12-15H,6-11H2,1H3,(H,25,27)/t14-/m0/s1. The van der Waals surface area contributed by atoms with Crippen molar-refractivity contribution in [1.29, 1.82) is 0 Å². The first-order valence-electron chi connectivity index (χ1n) is 10.4. The molecule has 1 amide bonds. The number of halogens is 2. The summed E-state index contributed by atoms with van der Waals surface area (Å²) in [5.74, 6) is -1.18. The van der Waals surface area contributed by atoms with E-state index in [4.69, 9.17) is 9.47 Å². The maximum atomic E-state index is 14.0. The van der Waals surface area contributed by atoms with Crippen molar-refractivity contribution in [2.75, 3.05) is 26.3 Å². The molecule has 1 fully saturated rings. The van der Waals surface area contributed by atoms with Crippen LogP contribution in [-0.2, 0) is 14.8 Å². The Morgan fingerprint density at radius 3 is 2.44 bits per heavy atom. The summed E-state index contributed by atoms with van der Waals surface area (Å²) in [6, 6.07) is 7.11. The monoisotopic (exact) mass is 466 g/mol. The number of carbonyl (C=O) groups is 1. The van der Waals surface area contributed by atoms with Gasteiger partial charge in [0.25, 0.3) is 0 Å². The zero-order valence-corrected chi connectivity index (χ0v) is 18.3. The minimum atomic E-state index is -3.74. The average molecular weight is 467 g/mol. The van der Waals surface area contributed by atoms with Gasteiger partial charge in [-0.05, 0) is 38.0 Å². The van der Waals surface area contributed by atoms with E-state index in [0.717, 1.165) is 12.1 Å². The molecule has 2 aromatic rings. The van der Waals surface area contributed by atoms with Gasteiger partial charge in [0.05, 0.1) is 10.9 Å². The molecule has 0 aromatic heterocycles. The summed E-state index contributed by atoms with van der Waals surface area (Å²) in [5.41, 5.74) is 0.193. The van der Waals surface area contributed by atoms with Gasteiger partial charge in [0.1, 0.15) is 24.8 Å². The number of nitrogens with one attached hydrogen (secondary N) is 1. The third kappa shape index (κ3) is 4.56. The lowest BCUT2D eigenvalue weighted by Crippen LogP contribution is -2.43. The molecular formula is C22H24F2N2O5S. The summed E-state index contributed by atoms with van der Waals surface area (Å²) in [7, 11) is -3.74. The predicted octanol–water partition coefficient (Wildman–Crippen LogP) is 3.01. The van der Waals surface area contributed by atoms with Crippen molar-refractivity contribution in [2.45, 2.75) is 30.7 Å². The van der Waals surface area contributed by atoms with Crippen LogP contribution in [0.5, 0.6) is 11.5 Å². The summed E-state index contributed by atoms with van der Waals surface area (Å²) in [4.78, 5) is 12.8. The molecule has 0 spiro atoms. The molecule has 0 bridgehead atoms. The SMILES string of the molecule is C[C@H](NC(=O)C1CCN(S(=O)(=O)c2ccc3c(c2)OCCO3)CC1)c1ccc(F)cc1F. The fourth-order valence-electron chi connectivity index (χ4n) is 3.95. The maximum absolute atomic E-state index is 14.0. The van der Waals surface area contributed by atoms with E-state index in [1.165, 1.54) is 22.5 Å². The lowest BCUT2D eigenvalue weighted by Gasteiger charge is -2.31. The van der Waals surface area contributed by atoms with Crippen molar-refractivity contribution < 1.29 is 31.5 Å². The number of amides is 1. The maximum Gasteiger partial charge on any atom is 0.243 e. The van der Waals surface area contributed by atoms with Crippen molar-refractivity contribution in [3.8, 4) is 11.5 Å². The highest BCUT2D eigenvalue weighted by atomic mass is 32.2. The molecule has 2 heterocycles. The quantitative estimate of drug-likeness (QED) is 0.732. The smallest absolute Gasteiger partial charge is 0.243 e. The molecule has 4 rings (SSSR count). The number of hydrogen-bond acceptors (Lipinski definition) is 5. The fourth-order valence-corrected chi connectivity index (χ4v) is 5.44. The largest absolute Gasteiger partial charge is 0.486 e. The van der Waals surface area contributed by atoms with E-state index >= 15 is 0 Å². The Morgan fingerprint density at radius 2 is 1.75 bits per heavy atom. The van der Waals surface area contributed by atoms with Gasteiger partial charge in [0.2, 0.25) is 15.9 Å². The van der Waals surface area contributed by atoms with Gasteiger partial charge in [-0.3, -0.25) is 4.79 Å². The molecule has 7 nitrogen and oxygen atoms in total. The Morgan fingerprint density at radius 1 is 1.06 bits per heavy atom. The molecule has 1 atom stereocenters. The molecule has 0 radical (unpaired) electrons. The number of piperidine rings is 1. The summed E-state index contributed by atoms with van der Waals surface area (Å²) < 4.78 is 65.4. The van der Waals surface area contributed by atoms with Crippen molar-refractivity contribution in [1.82, 2.24) is 9.62 Å². The Hall–Kier alpha value is -2.72. The van der Waals surface area contributed by atoms with Gasteiger partial charge < -0.3 is 14.8 Å². The zero-order valence-electron chi connectivity index (χ0n) is 17.5. The van der Waals surface area contributed by atoms with Crippen LogP contribution in [0.1, 0.15) is 31.4 Å². The van der Waals surface area contributed by atoms with E-state index in [9.17, 15) is 22.0 Å². The molecule has 32 heavy (non-hydrogen) atoms. The van der Waals surface area contributed by atoms with Gasteiger partial charge >= 0.3 is 0 Å². The summed E-state index contributed by atoms with van der Waals surface area (Å²) in [6.07, 6.45) is 0.683. The summed E-state index contributed by atoms with van der Waals surface area (Å²) in [5, 5.41) is 2.75. The Labute approximate surface area is 185 Å². The van der Waals surface area contributed by atoms with E-state index in [1.54, 1.807) is 13.0 Å². The lowest BCUT2D eigenvalue weighted by molar-refractivity contribution is -0.126. The third-order valence-corrected chi connectivity index (χ3v) is 7.66. The highest BCUT2D eigenvalue weighted by Gasteiger charge is 2.33. The minimum Gasteiger partial charge on any atom is -0.486 e. The van der Waals surface area contributed by atoms with E-state index < -0.39 is 33.6 Å². The fraction of sp³-hybridized carbons (Fsp3) is 0.409. The van der Waals surface area contributed by atoms with E-state index in [1.807, 2.05) is 0 Å². The number of nitrogens with zero attached hydrogens (tertiary/aromatic N) is 1. The van der Waals surface area contributed by atoms with Crippen LogP contribution in [0.4, 0.5) is 8.78 Å². The molecule has 10 heteroatoms. The predicted molar refractivity (Wildman–Crippen MR) is 112 cm³/mol. The summed E-state index contributed by atoms with van der Waals surface area (Å²) in [6.45, 7) is 2.77. The zero-order chi connectivity index (χ0) is 22.9. The van der Waals surface area contributed by atoms with Crippen LogP contribution >= 0.6 is 0 Å². The topological polar surface area (TPSA) is 84.9 Å².